The third kappa shape index (κ3) is 2.11. The Labute approximate surface area is 146 Å². The average Bonchev–Trinajstić information content (AvgIpc) is 3.26. The van der Waals surface area contributed by atoms with Gasteiger partial charge in [0.05, 0.1) is 0 Å². The van der Waals surface area contributed by atoms with Gasteiger partial charge < -0.3 is 9.97 Å². The molecule has 0 saturated carbocycles. The van der Waals surface area contributed by atoms with Crippen LogP contribution >= 0.6 is 0 Å². The molecule has 3 aromatic carbocycles. The average molecular weight is 322 g/mol. The number of aryl methyl sites for hydroxylation is 1. The lowest BCUT2D eigenvalue weighted by molar-refractivity contribution is 1.43. The first-order valence-corrected chi connectivity index (χ1v) is 8.55. The molecule has 5 aromatic rings. The third-order valence-corrected chi connectivity index (χ3v) is 5.01. The summed E-state index contributed by atoms with van der Waals surface area (Å²) in [5, 5.41) is 2.52. The zero-order valence-corrected chi connectivity index (χ0v) is 14.0. The lowest BCUT2D eigenvalue weighted by Crippen LogP contribution is -1.88. The fraction of sp³-hybridized carbons (Fsp3) is 0.0435. The fourth-order valence-electron chi connectivity index (χ4n) is 3.82. The molecular formula is C23H18N2. The number of nitrogens with one attached hydrogen (secondary N) is 2. The highest BCUT2D eigenvalue weighted by atomic mass is 14.7. The van der Waals surface area contributed by atoms with Gasteiger partial charge >= 0.3 is 0 Å². The number of hydrogen-bond acceptors (Lipinski definition) is 0. The Balaban J connectivity index is 1.84. The lowest BCUT2D eigenvalue weighted by atomic mass is 9.91. The topological polar surface area (TPSA) is 31.6 Å². The zero-order chi connectivity index (χ0) is 16.8. The highest BCUT2D eigenvalue weighted by Gasteiger charge is 2.16. The van der Waals surface area contributed by atoms with Crippen molar-refractivity contribution in [2.24, 2.45) is 0 Å². The van der Waals surface area contributed by atoms with Crippen LogP contribution in [-0.2, 0) is 0 Å². The molecule has 2 heteroatoms. The smallest absolute Gasteiger partial charge is 0.0460 e. The van der Waals surface area contributed by atoms with Crippen LogP contribution in [-0.4, -0.2) is 9.97 Å². The van der Waals surface area contributed by atoms with Gasteiger partial charge in [-0.3, -0.25) is 0 Å². The summed E-state index contributed by atoms with van der Waals surface area (Å²) >= 11 is 0. The Morgan fingerprint density at radius 1 is 0.560 bits per heavy atom. The van der Waals surface area contributed by atoms with Crippen LogP contribution in [0.2, 0.25) is 0 Å². The summed E-state index contributed by atoms with van der Waals surface area (Å²) in [5.41, 5.74) is 8.70. The van der Waals surface area contributed by atoms with Crippen molar-refractivity contribution in [3.8, 4) is 22.3 Å². The van der Waals surface area contributed by atoms with Crippen LogP contribution < -0.4 is 0 Å². The minimum Gasteiger partial charge on any atom is -0.361 e. The van der Waals surface area contributed by atoms with Crippen molar-refractivity contribution in [2.75, 3.05) is 0 Å². The molecule has 0 radical (unpaired) electrons. The Morgan fingerprint density at radius 2 is 1.16 bits per heavy atom. The summed E-state index contributed by atoms with van der Waals surface area (Å²) in [6.07, 6.45) is 4.25. The van der Waals surface area contributed by atoms with Gasteiger partial charge in [0.1, 0.15) is 0 Å². The molecule has 0 aliphatic carbocycles. The van der Waals surface area contributed by atoms with Gasteiger partial charge in [0.25, 0.3) is 0 Å². The van der Waals surface area contributed by atoms with Crippen molar-refractivity contribution < 1.29 is 0 Å². The van der Waals surface area contributed by atoms with E-state index < -0.39 is 0 Å². The van der Waals surface area contributed by atoms with Gasteiger partial charge in [-0.2, -0.15) is 0 Å². The number of H-pyrrole nitrogens is 2. The van der Waals surface area contributed by atoms with Gasteiger partial charge in [0.15, 0.2) is 0 Å². The number of hydrogen-bond donors (Lipinski definition) is 2. The van der Waals surface area contributed by atoms with Crippen molar-refractivity contribution in [1.82, 2.24) is 9.97 Å². The summed E-state index contributed by atoms with van der Waals surface area (Å²) in [7, 11) is 0. The van der Waals surface area contributed by atoms with Crippen LogP contribution in [0.1, 0.15) is 5.56 Å². The standard InChI is InChI=1S/C23H18N2/c1-15-7-6-10-18(19-13-24-21-11-4-2-8-16(19)21)23(15)20-14-25-22-12-5-3-9-17(20)22/h2-14,24-25H,1H3. The van der Waals surface area contributed by atoms with Crippen LogP contribution in [0.5, 0.6) is 0 Å². The number of fused-ring (bicyclic) bond motifs is 2. The van der Waals surface area contributed by atoms with E-state index in [0.717, 1.165) is 0 Å². The maximum absolute atomic E-state index is 3.42. The van der Waals surface area contributed by atoms with E-state index >= 15 is 0 Å². The Morgan fingerprint density at radius 3 is 1.88 bits per heavy atom. The zero-order valence-electron chi connectivity index (χ0n) is 14.0. The van der Waals surface area contributed by atoms with Crippen molar-refractivity contribution in [3.63, 3.8) is 0 Å². The fourth-order valence-corrected chi connectivity index (χ4v) is 3.82. The molecular weight excluding hydrogens is 304 g/mol. The van der Waals surface area contributed by atoms with Crippen LogP contribution in [0.15, 0.2) is 79.1 Å². The molecule has 2 N–H and O–H groups in total. The van der Waals surface area contributed by atoms with Crippen LogP contribution in [0.3, 0.4) is 0 Å². The number of aromatic nitrogens is 2. The normalized spacial score (nSPS) is 11.4. The van der Waals surface area contributed by atoms with E-state index in [1.165, 1.54) is 49.6 Å². The van der Waals surface area contributed by atoms with Crippen LogP contribution in [0.4, 0.5) is 0 Å². The molecule has 25 heavy (non-hydrogen) atoms. The van der Waals surface area contributed by atoms with Gasteiger partial charge in [-0.05, 0) is 35.7 Å². The SMILES string of the molecule is Cc1cccc(-c2c[nH]c3ccccc23)c1-c1c[nH]c2ccccc12. The van der Waals surface area contributed by atoms with Gasteiger partial charge in [0, 0.05) is 45.3 Å². The quantitative estimate of drug-likeness (QED) is 0.383. The predicted octanol–water partition coefficient (Wildman–Crippen LogP) is 6.29. The molecule has 0 unspecified atom stereocenters. The first-order chi connectivity index (χ1) is 12.3. The molecule has 0 fully saturated rings. The predicted molar refractivity (Wildman–Crippen MR) is 106 cm³/mol. The molecule has 0 aliphatic rings. The summed E-state index contributed by atoms with van der Waals surface area (Å²) in [4.78, 5) is 6.82. The second kappa shape index (κ2) is 5.38. The molecule has 0 amide bonds. The van der Waals surface area contributed by atoms with Gasteiger partial charge in [-0.1, -0.05) is 54.6 Å². The van der Waals surface area contributed by atoms with E-state index in [4.69, 9.17) is 0 Å². The molecule has 0 atom stereocenters. The van der Waals surface area contributed by atoms with E-state index in [1.807, 2.05) is 0 Å². The number of para-hydroxylation sites is 2. The van der Waals surface area contributed by atoms with Gasteiger partial charge in [0.2, 0.25) is 0 Å². The Bertz CT molecular complexity index is 1210. The Hall–Kier alpha value is -3.26. The largest absolute Gasteiger partial charge is 0.361 e. The van der Waals surface area contributed by atoms with E-state index in [0.29, 0.717) is 0 Å². The van der Waals surface area contributed by atoms with Gasteiger partial charge in [-0.15, -0.1) is 0 Å². The van der Waals surface area contributed by atoms with E-state index in [-0.39, 0.29) is 0 Å². The molecule has 5 rings (SSSR count). The van der Waals surface area contributed by atoms with E-state index in [1.54, 1.807) is 0 Å². The summed E-state index contributed by atoms with van der Waals surface area (Å²) in [6.45, 7) is 2.19. The second-order valence-electron chi connectivity index (χ2n) is 6.49. The Kier molecular flexibility index (Phi) is 3.04. The monoisotopic (exact) mass is 322 g/mol. The number of rotatable bonds is 2. The maximum atomic E-state index is 3.42. The van der Waals surface area contributed by atoms with E-state index in [9.17, 15) is 0 Å². The summed E-state index contributed by atoms with van der Waals surface area (Å²) in [5.74, 6) is 0. The number of aromatic amines is 2. The summed E-state index contributed by atoms with van der Waals surface area (Å²) < 4.78 is 0. The van der Waals surface area contributed by atoms with Crippen molar-refractivity contribution in [3.05, 3.63) is 84.7 Å². The lowest BCUT2D eigenvalue weighted by Gasteiger charge is -2.12. The minimum atomic E-state index is 1.17. The van der Waals surface area contributed by atoms with Gasteiger partial charge in [-0.25, -0.2) is 0 Å². The molecule has 0 bridgehead atoms. The first kappa shape index (κ1) is 14.1. The highest BCUT2D eigenvalue weighted by molar-refractivity contribution is 6.05. The molecule has 0 aliphatic heterocycles. The van der Waals surface area contributed by atoms with Crippen molar-refractivity contribution >= 4 is 21.8 Å². The molecule has 2 heterocycles. The summed E-state index contributed by atoms with van der Waals surface area (Å²) in [6, 6.07) is 23.5. The first-order valence-electron chi connectivity index (χ1n) is 8.55. The highest BCUT2D eigenvalue weighted by Crippen LogP contribution is 2.40. The molecule has 2 aromatic heterocycles. The molecule has 2 nitrogen and oxygen atoms in total. The van der Waals surface area contributed by atoms with E-state index in [2.05, 4.69) is 96.0 Å². The van der Waals surface area contributed by atoms with Crippen molar-refractivity contribution in [2.45, 2.75) is 6.92 Å². The second-order valence-corrected chi connectivity index (χ2v) is 6.49. The number of benzene rings is 3. The third-order valence-electron chi connectivity index (χ3n) is 5.01. The minimum absolute atomic E-state index is 1.17. The molecule has 120 valence electrons. The van der Waals surface area contributed by atoms with Crippen LogP contribution in [0.25, 0.3) is 44.1 Å². The maximum Gasteiger partial charge on any atom is 0.0460 e. The molecule has 0 saturated heterocycles. The van der Waals surface area contributed by atoms with Crippen molar-refractivity contribution in [1.29, 1.82) is 0 Å². The van der Waals surface area contributed by atoms with Crippen LogP contribution in [0, 0.1) is 6.92 Å². The molecule has 0 spiro atoms.